The van der Waals surface area contributed by atoms with E-state index in [1.54, 1.807) is 12.1 Å². The first-order valence-electron chi connectivity index (χ1n) is 8.93. The van der Waals surface area contributed by atoms with Crippen molar-refractivity contribution in [1.82, 2.24) is 0 Å². The molecule has 26 heavy (non-hydrogen) atoms. The maximum Gasteiger partial charge on any atom is 0.305 e. The zero-order valence-electron chi connectivity index (χ0n) is 15.4. The van der Waals surface area contributed by atoms with Crippen molar-refractivity contribution in [3.63, 3.8) is 0 Å². The number of nitrogens with zero attached hydrogens (tertiary/aromatic N) is 1. The molecule has 2 N–H and O–H groups in total. The van der Waals surface area contributed by atoms with E-state index in [1.165, 1.54) is 0 Å². The van der Waals surface area contributed by atoms with Crippen LogP contribution in [0.5, 0.6) is 5.75 Å². The number of phenolic OH excluding ortho intramolecular Hbond substituents is 1. The van der Waals surface area contributed by atoms with E-state index in [2.05, 4.69) is 5.32 Å². The molecule has 5 heteroatoms. The molecule has 0 heterocycles. The molecule has 0 aliphatic heterocycles. The molecule has 0 unspecified atom stereocenters. The summed E-state index contributed by atoms with van der Waals surface area (Å²) in [5.74, 6) is 0.105. The van der Waals surface area contributed by atoms with Gasteiger partial charge in [0, 0.05) is 18.7 Å². The number of unbranched alkanes of at least 4 members (excludes halogenated alkanes) is 1. The van der Waals surface area contributed by atoms with Gasteiger partial charge in [-0.25, -0.2) is 0 Å². The van der Waals surface area contributed by atoms with Crippen LogP contribution in [-0.4, -0.2) is 29.9 Å². The summed E-state index contributed by atoms with van der Waals surface area (Å²) < 4.78 is 4.93. The van der Waals surface area contributed by atoms with Crippen molar-refractivity contribution in [2.45, 2.75) is 33.1 Å². The first kappa shape index (κ1) is 19.5. The number of para-hydroxylation sites is 2. The van der Waals surface area contributed by atoms with E-state index in [9.17, 15) is 9.90 Å². The predicted molar refractivity (Wildman–Crippen MR) is 105 cm³/mol. The number of carbonyl (C=O) groups is 1. The number of nitrogens with one attached hydrogen (secondary N) is 1. The van der Waals surface area contributed by atoms with Gasteiger partial charge in [0.25, 0.3) is 0 Å². The Labute approximate surface area is 154 Å². The van der Waals surface area contributed by atoms with Crippen molar-refractivity contribution in [2.24, 2.45) is 4.99 Å². The maximum atomic E-state index is 11.3. The summed E-state index contributed by atoms with van der Waals surface area (Å²) >= 11 is 0. The summed E-state index contributed by atoms with van der Waals surface area (Å²) in [7, 11) is 0. The first-order chi connectivity index (χ1) is 12.6. The number of rotatable bonds is 9. The molecule has 2 aromatic rings. The standard InChI is InChI=1S/C21H26N2O3/c1-3-26-21(25)10-6-7-15-22-19-8-4-5-9-20(19)23-16(2)17-11-13-18(24)14-12-17/h4-5,8-9,11-14,22,24H,3,6-7,10,15H2,1-2H3. The van der Waals surface area contributed by atoms with Gasteiger partial charge < -0.3 is 15.2 Å². The average molecular weight is 354 g/mol. The van der Waals surface area contributed by atoms with Crippen LogP contribution < -0.4 is 5.32 Å². The zero-order valence-corrected chi connectivity index (χ0v) is 15.4. The molecular weight excluding hydrogens is 328 g/mol. The Morgan fingerprint density at radius 3 is 2.58 bits per heavy atom. The van der Waals surface area contributed by atoms with E-state index >= 15 is 0 Å². The highest BCUT2D eigenvalue weighted by Gasteiger charge is 2.04. The van der Waals surface area contributed by atoms with Crippen LogP contribution in [0, 0.1) is 0 Å². The molecule has 0 amide bonds. The van der Waals surface area contributed by atoms with Crippen LogP contribution in [0.25, 0.3) is 0 Å². The number of aromatic hydroxyl groups is 1. The Hall–Kier alpha value is -2.82. The third-order valence-corrected chi connectivity index (χ3v) is 3.91. The largest absolute Gasteiger partial charge is 0.508 e. The van der Waals surface area contributed by atoms with E-state index in [0.29, 0.717) is 13.0 Å². The lowest BCUT2D eigenvalue weighted by Crippen LogP contribution is -2.06. The second kappa shape index (κ2) is 10.2. The lowest BCUT2D eigenvalue weighted by atomic mass is 10.1. The molecule has 2 rings (SSSR count). The number of carbonyl (C=O) groups excluding carboxylic acids is 1. The quantitative estimate of drug-likeness (QED) is 0.390. The summed E-state index contributed by atoms with van der Waals surface area (Å²) in [6.07, 6.45) is 2.13. The Morgan fingerprint density at radius 1 is 1.12 bits per heavy atom. The van der Waals surface area contributed by atoms with E-state index in [0.717, 1.165) is 42.0 Å². The van der Waals surface area contributed by atoms with Gasteiger partial charge in [0.2, 0.25) is 0 Å². The van der Waals surface area contributed by atoms with Gasteiger partial charge in [-0.15, -0.1) is 0 Å². The van der Waals surface area contributed by atoms with Crippen molar-refractivity contribution in [3.05, 3.63) is 54.1 Å². The average Bonchev–Trinajstić information content (AvgIpc) is 2.63. The van der Waals surface area contributed by atoms with Crippen LogP contribution >= 0.6 is 0 Å². The Kier molecular flexibility index (Phi) is 7.68. The first-order valence-corrected chi connectivity index (χ1v) is 8.93. The molecule has 0 bridgehead atoms. The lowest BCUT2D eigenvalue weighted by Gasteiger charge is -2.10. The minimum absolute atomic E-state index is 0.137. The van der Waals surface area contributed by atoms with Crippen LogP contribution in [0.15, 0.2) is 53.5 Å². The highest BCUT2D eigenvalue weighted by molar-refractivity contribution is 6.01. The molecule has 0 radical (unpaired) electrons. The second-order valence-electron chi connectivity index (χ2n) is 5.95. The summed E-state index contributed by atoms with van der Waals surface area (Å²) in [6, 6.07) is 14.9. The van der Waals surface area contributed by atoms with E-state index in [4.69, 9.17) is 9.73 Å². The number of hydrogen-bond donors (Lipinski definition) is 2. The number of esters is 1. The predicted octanol–water partition coefficient (Wildman–Crippen LogP) is 4.68. The minimum Gasteiger partial charge on any atom is -0.508 e. The smallest absolute Gasteiger partial charge is 0.305 e. The summed E-state index contributed by atoms with van der Waals surface area (Å²) in [5, 5.41) is 12.8. The molecule has 2 aromatic carbocycles. The number of phenols is 1. The molecule has 0 fully saturated rings. The number of benzene rings is 2. The Bertz CT molecular complexity index is 739. The van der Waals surface area contributed by atoms with Gasteiger partial charge in [-0.3, -0.25) is 9.79 Å². The van der Waals surface area contributed by atoms with Crippen LogP contribution in [0.1, 0.15) is 38.7 Å². The summed E-state index contributed by atoms with van der Waals surface area (Å²) in [5.41, 5.74) is 3.67. The Morgan fingerprint density at radius 2 is 1.85 bits per heavy atom. The fourth-order valence-corrected chi connectivity index (χ4v) is 2.52. The fourth-order valence-electron chi connectivity index (χ4n) is 2.52. The van der Waals surface area contributed by atoms with Gasteiger partial charge in [-0.1, -0.05) is 12.1 Å². The fraction of sp³-hybridized carbons (Fsp3) is 0.333. The van der Waals surface area contributed by atoms with E-state index in [-0.39, 0.29) is 11.7 Å². The third kappa shape index (κ3) is 6.24. The van der Waals surface area contributed by atoms with E-state index in [1.807, 2.05) is 50.2 Å². The van der Waals surface area contributed by atoms with Gasteiger partial charge in [0.15, 0.2) is 0 Å². The molecule has 0 aliphatic rings. The topological polar surface area (TPSA) is 70.9 Å². The third-order valence-electron chi connectivity index (χ3n) is 3.91. The number of ether oxygens (including phenoxy) is 1. The van der Waals surface area contributed by atoms with Gasteiger partial charge in [-0.05, 0) is 68.7 Å². The molecule has 0 aliphatic carbocycles. The SMILES string of the molecule is CCOC(=O)CCCCNc1ccccc1N=C(C)c1ccc(O)cc1. The Balaban J connectivity index is 1.94. The van der Waals surface area contributed by atoms with Crippen LogP contribution in [-0.2, 0) is 9.53 Å². The molecular formula is C21H26N2O3. The molecule has 5 nitrogen and oxygen atoms in total. The zero-order chi connectivity index (χ0) is 18.8. The molecule has 0 atom stereocenters. The van der Waals surface area contributed by atoms with Crippen molar-refractivity contribution >= 4 is 23.1 Å². The van der Waals surface area contributed by atoms with E-state index < -0.39 is 0 Å². The summed E-state index contributed by atoms with van der Waals surface area (Å²) in [6.45, 7) is 4.96. The monoisotopic (exact) mass is 354 g/mol. The maximum absolute atomic E-state index is 11.3. The molecule has 0 saturated heterocycles. The van der Waals surface area contributed by atoms with Crippen LogP contribution in [0.2, 0.25) is 0 Å². The van der Waals surface area contributed by atoms with Gasteiger partial charge in [0.05, 0.1) is 18.0 Å². The van der Waals surface area contributed by atoms with Crippen molar-refractivity contribution in [3.8, 4) is 5.75 Å². The highest BCUT2D eigenvalue weighted by Crippen LogP contribution is 2.25. The molecule has 0 spiro atoms. The van der Waals surface area contributed by atoms with Crippen molar-refractivity contribution in [2.75, 3.05) is 18.5 Å². The molecule has 138 valence electrons. The number of anilines is 1. The minimum atomic E-state index is -0.137. The highest BCUT2D eigenvalue weighted by atomic mass is 16.5. The van der Waals surface area contributed by atoms with Crippen molar-refractivity contribution < 1.29 is 14.6 Å². The second-order valence-corrected chi connectivity index (χ2v) is 5.95. The molecule has 0 saturated carbocycles. The van der Waals surface area contributed by atoms with Gasteiger partial charge >= 0.3 is 5.97 Å². The number of aliphatic imine (C=N–C) groups is 1. The normalized spacial score (nSPS) is 11.2. The number of hydrogen-bond acceptors (Lipinski definition) is 5. The lowest BCUT2D eigenvalue weighted by molar-refractivity contribution is -0.143. The molecule has 0 aromatic heterocycles. The summed E-state index contributed by atoms with van der Waals surface area (Å²) in [4.78, 5) is 16.0. The van der Waals surface area contributed by atoms with Crippen molar-refractivity contribution in [1.29, 1.82) is 0 Å². The van der Waals surface area contributed by atoms with Gasteiger partial charge in [0.1, 0.15) is 5.75 Å². The van der Waals surface area contributed by atoms with Gasteiger partial charge in [-0.2, -0.15) is 0 Å². The van der Waals surface area contributed by atoms with Crippen LogP contribution in [0.4, 0.5) is 11.4 Å². The van der Waals surface area contributed by atoms with Crippen LogP contribution in [0.3, 0.4) is 0 Å².